The van der Waals surface area contributed by atoms with Gasteiger partial charge in [-0.1, -0.05) is 46.6 Å². The number of sulfone groups is 1. The van der Waals surface area contributed by atoms with Crippen molar-refractivity contribution in [2.75, 3.05) is 11.2 Å². The van der Waals surface area contributed by atoms with Crippen LogP contribution >= 0.6 is 0 Å². The lowest BCUT2D eigenvalue weighted by atomic mass is 10.2. The van der Waals surface area contributed by atoms with E-state index in [1.54, 1.807) is 4.90 Å². The fraction of sp³-hybridized carbons (Fsp3) is 0.0667. The van der Waals surface area contributed by atoms with Crippen molar-refractivity contribution in [1.29, 1.82) is 0 Å². The summed E-state index contributed by atoms with van der Waals surface area (Å²) in [5, 5.41) is 7.08. The first-order chi connectivity index (χ1) is 10.6. The maximum atomic E-state index is 11.5. The smallest absolute Gasteiger partial charge is 0.336 e. The average molecular weight is 315 g/mol. The second kappa shape index (κ2) is 5.61. The van der Waals surface area contributed by atoms with Crippen LogP contribution in [0.4, 0.5) is 17.4 Å². The summed E-state index contributed by atoms with van der Waals surface area (Å²) in [6.45, 7) is 0. The van der Waals surface area contributed by atoms with Gasteiger partial charge in [0.25, 0.3) is 0 Å². The molecular formula is C15H13N3O3S. The third-order valence-electron chi connectivity index (χ3n) is 2.93. The Morgan fingerprint density at radius 1 is 0.864 bits per heavy atom. The van der Waals surface area contributed by atoms with E-state index in [9.17, 15) is 8.42 Å². The molecule has 0 bridgehead atoms. The summed E-state index contributed by atoms with van der Waals surface area (Å²) in [6.07, 6.45) is 1.03. The standard InChI is InChI=1S/C15H13N3O3S/c1-22(19,20)15-17-16-14(21-15)18(12-8-4-2-5-9-12)13-10-6-3-7-11-13/h2-11H,1H3. The first kappa shape index (κ1) is 14.3. The van der Waals surface area contributed by atoms with E-state index in [0.29, 0.717) is 0 Å². The summed E-state index contributed by atoms with van der Waals surface area (Å²) < 4.78 is 28.4. The minimum atomic E-state index is -3.55. The normalized spacial score (nSPS) is 11.3. The molecule has 0 aliphatic carbocycles. The molecular weight excluding hydrogens is 302 g/mol. The third-order valence-corrected chi connectivity index (χ3v) is 3.73. The number of anilines is 3. The van der Waals surface area contributed by atoms with Crippen LogP contribution in [0.5, 0.6) is 0 Å². The summed E-state index contributed by atoms with van der Waals surface area (Å²) >= 11 is 0. The van der Waals surface area contributed by atoms with Crippen molar-refractivity contribution in [1.82, 2.24) is 10.2 Å². The monoisotopic (exact) mass is 315 g/mol. The van der Waals surface area contributed by atoms with Gasteiger partial charge in [-0.3, -0.25) is 4.90 Å². The largest absolute Gasteiger partial charge is 0.394 e. The van der Waals surface area contributed by atoms with Crippen LogP contribution in [0.25, 0.3) is 0 Å². The van der Waals surface area contributed by atoms with Crippen LogP contribution < -0.4 is 4.90 Å². The summed E-state index contributed by atoms with van der Waals surface area (Å²) in [7, 11) is -3.55. The highest BCUT2D eigenvalue weighted by Gasteiger charge is 2.22. The Balaban J connectivity index is 2.13. The van der Waals surface area contributed by atoms with E-state index in [-0.39, 0.29) is 6.01 Å². The Hall–Kier alpha value is -2.67. The van der Waals surface area contributed by atoms with Crippen LogP contribution in [0.2, 0.25) is 0 Å². The molecule has 0 saturated carbocycles. The summed E-state index contributed by atoms with van der Waals surface area (Å²) in [5.74, 6) is 0. The lowest BCUT2D eigenvalue weighted by molar-refractivity contribution is 0.438. The average Bonchev–Trinajstić information content (AvgIpc) is 2.99. The molecule has 0 unspecified atom stereocenters. The highest BCUT2D eigenvalue weighted by Crippen LogP contribution is 2.33. The Morgan fingerprint density at radius 3 is 1.77 bits per heavy atom. The molecule has 112 valence electrons. The van der Waals surface area contributed by atoms with Gasteiger partial charge in [0.1, 0.15) is 0 Å². The fourth-order valence-corrected chi connectivity index (χ4v) is 2.38. The van der Waals surface area contributed by atoms with E-state index in [0.717, 1.165) is 17.6 Å². The maximum absolute atomic E-state index is 11.5. The third kappa shape index (κ3) is 2.84. The van der Waals surface area contributed by atoms with E-state index in [4.69, 9.17) is 4.42 Å². The molecule has 22 heavy (non-hydrogen) atoms. The zero-order valence-corrected chi connectivity index (χ0v) is 12.6. The number of benzene rings is 2. The Bertz CT molecular complexity index is 822. The van der Waals surface area contributed by atoms with E-state index in [2.05, 4.69) is 10.2 Å². The van der Waals surface area contributed by atoms with Crippen LogP contribution in [0, 0.1) is 0 Å². The summed E-state index contributed by atoms with van der Waals surface area (Å²) in [4.78, 5) is 1.70. The van der Waals surface area contributed by atoms with Crippen molar-refractivity contribution in [2.24, 2.45) is 0 Å². The molecule has 0 aliphatic rings. The second-order valence-electron chi connectivity index (χ2n) is 4.63. The topological polar surface area (TPSA) is 76.3 Å². The molecule has 0 saturated heterocycles. The Labute approximate surface area is 127 Å². The summed E-state index contributed by atoms with van der Waals surface area (Å²) in [5.41, 5.74) is 1.58. The van der Waals surface area contributed by atoms with Crippen molar-refractivity contribution in [3.63, 3.8) is 0 Å². The molecule has 7 heteroatoms. The lowest BCUT2D eigenvalue weighted by Crippen LogP contribution is -2.10. The van der Waals surface area contributed by atoms with Crippen molar-refractivity contribution in [2.45, 2.75) is 5.22 Å². The van der Waals surface area contributed by atoms with E-state index in [1.165, 1.54) is 0 Å². The SMILES string of the molecule is CS(=O)(=O)c1nnc(N(c2ccccc2)c2ccccc2)o1. The van der Waals surface area contributed by atoms with Gasteiger partial charge in [-0.15, -0.1) is 0 Å². The molecule has 3 aromatic rings. The van der Waals surface area contributed by atoms with Gasteiger partial charge in [0.2, 0.25) is 9.84 Å². The van der Waals surface area contributed by atoms with Gasteiger partial charge in [0.05, 0.1) is 11.4 Å². The van der Waals surface area contributed by atoms with Gasteiger partial charge in [0.15, 0.2) is 0 Å². The minimum Gasteiger partial charge on any atom is -0.394 e. The molecule has 0 N–H and O–H groups in total. The van der Waals surface area contributed by atoms with E-state index >= 15 is 0 Å². The van der Waals surface area contributed by atoms with Crippen LogP contribution in [0.1, 0.15) is 0 Å². The molecule has 3 rings (SSSR count). The van der Waals surface area contributed by atoms with Crippen LogP contribution in [-0.2, 0) is 9.84 Å². The van der Waals surface area contributed by atoms with Crippen LogP contribution in [0.15, 0.2) is 70.3 Å². The predicted molar refractivity (Wildman–Crippen MR) is 82.1 cm³/mol. The molecule has 6 nitrogen and oxygen atoms in total. The highest BCUT2D eigenvalue weighted by molar-refractivity contribution is 7.90. The number of para-hydroxylation sites is 2. The predicted octanol–water partition coefficient (Wildman–Crippen LogP) is 2.94. The molecule has 0 aliphatic heterocycles. The zero-order chi connectivity index (χ0) is 15.6. The maximum Gasteiger partial charge on any atom is 0.336 e. The van der Waals surface area contributed by atoms with Gasteiger partial charge in [-0.05, 0) is 24.3 Å². The van der Waals surface area contributed by atoms with Crippen molar-refractivity contribution < 1.29 is 12.8 Å². The van der Waals surface area contributed by atoms with E-state index < -0.39 is 15.1 Å². The highest BCUT2D eigenvalue weighted by atomic mass is 32.2. The van der Waals surface area contributed by atoms with Gasteiger partial charge in [-0.2, -0.15) is 0 Å². The first-order valence-corrected chi connectivity index (χ1v) is 8.38. The number of nitrogens with zero attached hydrogens (tertiary/aromatic N) is 3. The van der Waals surface area contributed by atoms with Crippen molar-refractivity contribution in [3.8, 4) is 0 Å². The number of aromatic nitrogens is 2. The van der Waals surface area contributed by atoms with Gasteiger partial charge in [0, 0.05) is 6.26 Å². The quantitative estimate of drug-likeness (QED) is 0.737. The molecule has 1 aromatic heterocycles. The first-order valence-electron chi connectivity index (χ1n) is 6.49. The zero-order valence-electron chi connectivity index (χ0n) is 11.7. The number of hydrogen-bond acceptors (Lipinski definition) is 6. The van der Waals surface area contributed by atoms with Gasteiger partial charge < -0.3 is 4.42 Å². The molecule has 0 fully saturated rings. The Kier molecular flexibility index (Phi) is 3.64. The number of hydrogen-bond donors (Lipinski definition) is 0. The van der Waals surface area contributed by atoms with Crippen molar-refractivity contribution >= 4 is 27.2 Å². The van der Waals surface area contributed by atoms with Crippen LogP contribution in [-0.4, -0.2) is 24.9 Å². The molecule has 0 amide bonds. The molecule has 0 radical (unpaired) electrons. The lowest BCUT2D eigenvalue weighted by Gasteiger charge is -2.20. The molecule has 0 spiro atoms. The number of rotatable bonds is 4. The molecule has 1 heterocycles. The van der Waals surface area contributed by atoms with Crippen molar-refractivity contribution in [3.05, 3.63) is 60.7 Å². The Morgan fingerprint density at radius 2 is 1.36 bits per heavy atom. The van der Waals surface area contributed by atoms with Gasteiger partial charge >= 0.3 is 11.2 Å². The molecule has 0 atom stereocenters. The van der Waals surface area contributed by atoms with E-state index in [1.807, 2.05) is 60.7 Å². The van der Waals surface area contributed by atoms with Crippen LogP contribution in [0.3, 0.4) is 0 Å². The minimum absolute atomic E-state index is 0.0952. The second-order valence-corrected chi connectivity index (χ2v) is 6.52. The molecule has 2 aromatic carbocycles. The fourth-order valence-electron chi connectivity index (χ4n) is 1.97. The van der Waals surface area contributed by atoms with Gasteiger partial charge in [-0.25, -0.2) is 8.42 Å². The summed E-state index contributed by atoms with van der Waals surface area (Å²) in [6, 6.07) is 18.9.